The molecule has 0 aliphatic carbocycles. The standard InChI is InChI=1S/C11H7F3INO2/c1-18-9(17)4-6-2-3-8(11(12,13)14)10(15)7(6)5-16/h2-3H,4H2,1H3. The third kappa shape index (κ3) is 3.13. The first-order valence-corrected chi connectivity index (χ1v) is 5.74. The molecule has 18 heavy (non-hydrogen) atoms. The van der Waals surface area contributed by atoms with Gasteiger partial charge in [-0.05, 0) is 34.2 Å². The fraction of sp³-hybridized carbons (Fsp3) is 0.273. The Kier molecular flexibility index (Phi) is 4.56. The molecule has 0 N–H and O–H groups in total. The predicted molar refractivity (Wildman–Crippen MR) is 64.6 cm³/mol. The summed E-state index contributed by atoms with van der Waals surface area (Å²) >= 11 is 1.46. The molecule has 0 radical (unpaired) electrons. The Morgan fingerprint density at radius 3 is 2.56 bits per heavy atom. The summed E-state index contributed by atoms with van der Waals surface area (Å²) in [5, 5.41) is 8.90. The van der Waals surface area contributed by atoms with Crippen LogP contribution in [0.15, 0.2) is 12.1 Å². The van der Waals surface area contributed by atoms with E-state index < -0.39 is 17.7 Å². The van der Waals surface area contributed by atoms with E-state index >= 15 is 0 Å². The molecular formula is C11H7F3INO2. The van der Waals surface area contributed by atoms with Crippen LogP contribution in [0.25, 0.3) is 0 Å². The van der Waals surface area contributed by atoms with Crippen LogP contribution in [-0.2, 0) is 22.1 Å². The Bertz CT molecular complexity index is 520. The smallest absolute Gasteiger partial charge is 0.417 e. The van der Waals surface area contributed by atoms with Gasteiger partial charge in [-0.15, -0.1) is 0 Å². The number of methoxy groups -OCH3 is 1. The van der Waals surface area contributed by atoms with Crippen molar-refractivity contribution in [1.82, 2.24) is 0 Å². The van der Waals surface area contributed by atoms with Crippen LogP contribution < -0.4 is 0 Å². The van der Waals surface area contributed by atoms with Crippen LogP contribution in [0.3, 0.4) is 0 Å². The Morgan fingerprint density at radius 2 is 2.11 bits per heavy atom. The van der Waals surface area contributed by atoms with E-state index in [4.69, 9.17) is 5.26 Å². The number of rotatable bonds is 2. The first kappa shape index (κ1) is 14.8. The molecule has 0 aliphatic rings. The molecule has 3 nitrogen and oxygen atoms in total. The van der Waals surface area contributed by atoms with E-state index in [2.05, 4.69) is 4.74 Å². The summed E-state index contributed by atoms with van der Waals surface area (Å²) in [5.41, 5.74) is -0.800. The van der Waals surface area contributed by atoms with Crippen LogP contribution in [0.1, 0.15) is 16.7 Å². The number of esters is 1. The van der Waals surface area contributed by atoms with Gasteiger partial charge in [0.15, 0.2) is 0 Å². The van der Waals surface area contributed by atoms with E-state index in [1.807, 2.05) is 0 Å². The fourth-order valence-electron chi connectivity index (χ4n) is 1.33. The van der Waals surface area contributed by atoms with Gasteiger partial charge in [0.1, 0.15) is 6.07 Å². The minimum absolute atomic E-state index is 0.143. The van der Waals surface area contributed by atoms with Crippen LogP contribution >= 0.6 is 22.6 Å². The van der Waals surface area contributed by atoms with Crippen molar-refractivity contribution in [3.8, 4) is 6.07 Å². The average molecular weight is 369 g/mol. The van der Waals surface area contributed by atoms with Crippen molar-refractivity contribution in [2.75, 3.05) is 7.11 Å². The van der Waals surface area contributed by atoms with E-state index in [9.17, 15) is 18.0 Å². The van der Waals surface area contributed by atoms with E-state index in [0.29, 0.717) is 0 Å². The molecule has 0 atom stereocenters. The molecule has 7 heteroatoms. The Morgan fingerprint density at radius 1 is 1.50 bits per heavy atom. The zero-order valence-corrected chi connectivity index (χ0v) is 11.3. The first-order chi connectivity index (χ1) is 8.31. The lowest BCUT2D eigenvalue weighted by Crippen LogP contribution is -2.12. The number of nitrogens with zero attached hydrogens (tertiary/aromatic N) is 1. The second kappa shape index (κ2) is 5.56. The van der Waals surface area contributed by atoms with Gasteiger partial charge in [-0.1, -0.05) is 6.07 Å². The van der Waals surface area contributed by atoms with Gasteiger partial charge >= 0.3 is 12.1 Å². The SMILES string of the molecule is COC(=O)Cc1ccc(C(F)(F)F)c(I)c1C#N. The second-order valence-corrected chi connectivity index (χ2v) is 4.40. The van der Waals surface area contributed by atoms with Crippen molar-refractivity contribution < 1.29 is 22.7 Å². The summed E-state index contributed by atoms with van der Waals surface area (Å²) in [6.45, 7) is 0. The largest absolute Gasteiger partial charge is 0.469 e. The van der Waals surface area contributed by atoms with E-state index in [1.165, 1.54) is 29.7 Å². The monoisotopic (exact) mass is 369 g/mol. The zero-order chi connectivity index (χ0) is 13.9. The third-order valence-corrected chi connectivity index (χ3v) is 3.33. The summed E-state index contributed by atoms with van der Waals surface area (Å²) in [6, 6.07) is 3.68. The number of hydrogen-bond donors (Lipinski definition) is 0. The highest BCUT2D eigenvalue weighted by molar-refractivity contribution is 14.1. The van der Waals surface area contributed by atoms with Gasteiger partial charge in [0.2, 0.25) is 0 Å². The molecule has 0 saturated heterocycles. The lowest BCUT2D eigenvalue weighted by atomic mass is 10.0. The van der Waals surface area contributed by atoms with Crippen molar-refractivity contribution in [1.29, 1.82) is 5.26 Å². The molecule has 1 aromatic rings. The zero-order valence-electron chi connectivity index (χ0n) is 9.14. The summed E-state index contributed by atoms with van der Waals surface area (Å²) in [7, 11) is 1.17. The Balaban J connectivity index is 3.31. The summed E-state index contributed by atoms with van der Waals surface area (Å²) in [5.74, 6) is -0.609. The van der Waals surface area contributed by atoms with Gasteiger partial charge < -0.3 is 4.74 Å². The molecule has 0 amide bonds. The Labute approximate surface area is 115 Å². The number of carbonyl (C=O) groups is 1. The highest BCUT2D eigenvalue weighted by Gasteiger charge is 2.34. The molecule has 1 rings (SSSR count). The van der Waals surface area contributed by atoms with Crippen LogP contribution in [-0.4, -0.2) is 13.1 Å². The van der Waals surface area contributed by atoms with Crippen LogP contribution in [0.5, 0.6) is 0 Å². The molecule has 0 heterocycles. The van der Waals surface area contributed by atoms with Crippen molar-refractivity contribution in [3.63, 3.8) is 0 Å². The number of benzene rings is 1. The number of ether oxygens (including phenoxy) is 1. The highest BCUT2D eigenvalue weighted by atomic mass is 127. The molecule has 0 aromatic heterocycles. The number of alkyl halides is 3. The number of halogens is 4. The molecule has 0 saturated carbocycles. The van der Waals surface area contributed by atoms with Crippen molar-refractivity contribution >= 4 is 28.6 Å². The topological polar surface area (TPSA) is 50.1 Å². The van der Waals surface area contributed by atoms with Gasteiger partial charge in [0.05, 0.1) is 24.7 Å². The van der Waals surface area contributed by atoms with Crippen LogP contribution in [0, 0.1) is 14.9 Å². The van der Waals surface area contributed by atoms with Gasteiger partial charge in [-0.2, -0.15) is 18.4 Å². The molecule has 0 bridgehead atoms. The Hall–Kier alpha value is -1.30. The minimum Gasteiger partial charge on any atom is -0.469 e. The van der Waals surface area contributed by atoms with Gasteiger partial charge in [0, 0.05) is 3.57 Å². The van der Waals surface area contributed by atoms with E-state index in [-0.39, 0.29) is 21.1 Å². The number of carbonyl (C=O) groups excluding carboxylic acids is 1. The van der Waals surface area contributed by atoms with Crippen LogP contribution in [0.4, 0.5) is 13.2 Å². The predicted octanol–water partition coefficient (Wildman–Crippen LogP) is 2.90. The maximum atomic E-state index is 12.6. The summed E-state index contributed by atoms with van der Waals surface area (Å²) in [6.07, 6.45) is -4.75. The van der Waals surface area contributed by atoms with Crippen molar-refractivity contribution in [2.45, 2.75) is 12.6 Å². The lowest BCUT2D eigenvalue weighted by molar-refractivity contribution is -0.139. The molecule has 0 fully saturated rings. The van der Waals surface area contributed by atoms with Gasteiger partial charge in [-0.3, -0.25) is 4.79 Å². The fourth-order valence-corrected chi connectivity index (χ4v) is 2.28. The molecule has 1 aromatic carbocycles. The van der Waals surface area contributed by atoms with E-state index in [1.54, 1.807) is 6.07 Å². The summed E-state index contributed by atoms with van der Waals surface area (Å²) in [4.78, 5) is 11.1. The van der Waals surface area contributed by atoms with E-state index in [0.717, 1.165) is 12.1 Å². The highest BCUT2D eigenvalue weighted by Crippen LogP contribution is 2.35. The van der Waals surface area contributed by atoms with Crippen molar-refractivity contribution in [2.24, 2.45) is 0 Å². The molecule has 0 spiro atoms. The molecule has 96 valence electrons. The van der Waals surface area contributed by atoms with Crippen molar-refractivity contribution in [3.05, 3.63) is 32.4 Å². The third-order valence-electron chi connectivity index (χ3n) is 2.21. The first-order valence-electron chi connectivity index (χ1n) is 4.66. The molecular weight excluding hydrogens is 362 g/mol. The molecule has 0 aliphatic heterocycles. The second-order valence-electron chi connectivity index (χ2n) is 3.32. The maximum Gasteiger partial charge on any atom is 0.417 e. The quantitative estimate of drug-likeness (QED) is 0.595. The number of nitriles is 1. The summed E-state index contributed by atoms with van der Waals surface area (Å²) < 4.78 is 42.1. The van der Waals surface area contributed by atoms with Gasteiger partial charge in [-0.25, -0.2) is 0 Å². The average Bonchev–Trinajstić information content (AvgIpc) is 2.27. The number of hydrogen-bond acceptors (Lipinski definition) is 3. The van der Waals surface area contributed by atoms with Gasteiger partial charge in [0.25, 0.3) is 0 Å². The normalized spacial score (nSPS) is 10.9. The maximum absolute atomic E-state index is 12.6. The minimum atomic E-state index is -4.52. The lowest BCUT2D eigenvalue weighted by Gasteiger charge is -2.12. The van der Waals surface area contributed by atoms with Crippen LogP contribution in [0.2, 0.25) is 0 Å². The molecule has 0 unspecified atom stereocenters.